The van der Waals surface area contributed by atoms with Gasteiger partial charge in [0, 0.05) is 0 Å². The Bertz CT molecular complexity index is 477. The van der Waals surface area contributed by atoms with Crippen LogP contribution in [-0.4, -0.2) is 19.9 Å². The molecule has 1 aromatic carbocycles. The van der Waals surface area contributed by atoms with Crippen LogP contribution in [0.5, 0.6) is 11.5 Å². The molecule has 0 spiro atoms. The molecule has 1 aromatic rings. The van der Waals surface area contributed by atoms with E-state index in [4.69, 9.17) is 14.2 Å². The molecule has 0 N–H and O–H groups in total. The Balaban J connectivity index is 2.27. The van der Waals surface area contributed by atoms with E-state index in [0.29, 0.717) is 6.42 Å². The molecule has 0 aromatic heterocycles. The van der Waals surface area contributed by atoms with Crippen LogP contribution in [0.25, 0.3) is 0 Å². The Morgan fingerprint density at radius 2 is 1.94 bits per heavy atom. The monoisotopic (exact) mass is 250 g/mol. The van der Waals surface area contributed by atoms with Gasteiger partial charge >= 0.3 is 5.97 Å². The number of carbonyl (C=O) groups excluding carboxylic acids is 1. The van der Waals surface area contributed by atoms with Crippen LogP contribution in [0.15, 0.2) is 12.1 Å². The lowest BCUT2D eigenvalue weighted by atomic mass is 9.84. The summed E-state index contributed by atoms with van der Waals surface area (Å²) >= 11 is 0. The quantitative estimate of drug-likeness (QED) is 0.773. The molecule has 1 aliphatic heterocycles. The molecule has 98 valence electrons. The molecule has 0 unspecified atom stereocenters. The van der Waals surface area contributed by atoms with Gasteiger partial charge in [-0.15, -0.1) is 0 Å². The van der Waals surface area contributed by atoms with E-state index in [-0.39, 0.29) is 12.8 Å². The highest BCUT2D eigenvalue weighted by Crippen LogP contribution is 2.36. The van der Waals surface area contributed by atoms with E-state index in [1.165, 1.54) is 7.11 Å². The summed E-state index contributed by atoms with van der Waals surface area (Å²) in [4.78, 5) is 11.7. The van der Waals surface area contributed by atoms with E-state index in [0.717, 1.165) is 22.6 Å². The summed E-state index contributed by atoms with van der Waals surface area (Å²) in [5.74, 6) is 1.31. The molecule has 0 atom stereocenters. The number of esters is 1. The van der Waals surface area contributed by atoms with Gasteiger partial charge in [0.15, 0.2) is 11.5 Å². The first-order valence-electron chi connectivity index (χ1n) is 5.91. The summed E-state index contributed by atoms with van der Waals surface area (Å²) in [6, 6.07) is 3.90. The van der Waals surface area contributed by atoms with E-state index in [1.54, 1.807) is 0 Å². The second-order valence-corrected chi connectivity index (χ2v) is 5.18. The van der Waals surface area contributed by atoms with Crippen LogP contribution in [0.2, 0.25) is 0 Å². The minimum Gasteiger partial charge on any atom is -0.469 e. The van der Waals surface area contributed by atoms with Crippen molar-refractivity contribution in [1.82, 2.24) is 0 Å². The summed E-state index contributed by atoms with van der Waals surface area (Å²) < 4.78 is 15.5. The van der Waals surface area contributed by atoms with Gasteiger partial charge in [-0.25, -0.2) is 0 Å². The Hall–Kier alpha value is -1.71. The predicted molar refractivity (Wildman–Crippen MR) is 66.8 cm³/mol. The molecule has 2 rings (SSSR count). The van der Waals surface area contributed by atoms with Crippen molar-refractivity contribution in [3.63, 3.8) is 0 Å². The van der Waals surface area contributed by atoms with Gasteiger partial charge in [0.2, 0.25) is 6.79 Å². The van der Waals surface area contributed by atoms with Crippen LogP contribution >= 0.6 is 0 Å². The van der Waals surface area contributed by atoms with Gasteiger partial charge in [0.25, 0.3) is 0 Å². The zero-order valence-corrected chi connectivity index (χ0v) is 11.2. The maximum absolute atomic E-state index is 11.7. The van der Waals surface area contributed by atoms with Crippen molar-refractivity contribution in [3.05, 3.63) is 23.3 Å². The fourth-order valence-electron chi connectivity index (χ4n) is 2.10. The lowest BCUT2D eigenvalue weighted by Crippen LogP contribution is -2.28. The van der Waals surface area contributed by atoms with Crippen molar-refractivity contribution in [2.45, 2.75) is 27.2 Å². The van der Waals surface area contributed by atoms with Crippen molar-refractivity contribution >= 4 is 5.97 Å². The molecular weight excluding hydrogens is 232 g/mol. The van der Waals surface area contributed by atoms with Crippen LogP contribution in [-0.2, 0) is 16.0 Å². The Kier molecular flexibility index (Phi) is 3.20. The first-order valence-corrected chi connectivity index (χ1v) is 5.91. The number of rotatable bonds is 3. The predicted octanol–water partition coefficient (Wildman–Crippen LogP) is 2.47. The maximum atomic E-state index is 11.7. The molecule has 0 saturated heterocycles. The van der Waals surface area contributed by atoms with Gasteiger partial charge < -0.3 is 14.2 Å². The standard InChI is InChI=1S/C14H18O4/c1-9-5-11-12(18-8-17-11)6-10(9)7-14(2,3)13(15)16-4/h5-6H,7-8H2,1-4H3. The number of methoxy groups -OCH3 is 1. The van der Waals surface area contributed by atoms with E-state index in [2.05, 4.69) is 0 Å². The molecule has 0 radical (unpaired) electrons. The minimum atomic E-state index is -0.548. The SMILES string of the molecule is COC(=O)C(C)(C)Cc1cc2c(cc1C)OCO2. The lowest BCUT2D eigenvalue weighted by molar-refractivity contribution is -0.150. The number of hydrogen-bond donors (Lipinski definition) is 0. The third-order valence-electron chi connectivity index (χ3n) is 3.20. The van der Waals surface area contributed by atoms with Gasteiger partial charge in [-0.1, -0.05) is 0 Å². The van der Waals surface area contributed by atoms with Gasteiger partial charge in [-0.05, 0) is 50.5 Å². The van der Waals surface area contributed by atoms with Crippen LogP contribution < -0.4 is 9.47 Å². The molecule has 0 fully saturated rings. The zero-order valence-electron chi connectivity index (χ0n) is 11.2. The fourth-order valence-corrected chi connectivity index (χ4v) is 2.10. The fraction of sp³-hybridized carbons (Fsp3) is 0.500. The largest absolute Gasteiger partial charge is 0.469 e. The van der Waals surface area contributed by atoms with Crippen molar-refractivity contribution in [2.24, 2.45) is 5.41 Å². The normalized spacial score (nSPS) is 13.6. The van der Waals surface area contributed by atoms with Crippen LogP contribution in [0.1, 0.15) is 25.0 Å². The maximum Gasteiger partial charge on any atom is 0.311 e. The summed E-state index contributed by atoms with van der Waals surface area (Å²) in [5, 5.41) is 0. The minimum absolute atomic E-state index is 0.209. The second kappa shape index (κ2) is 4.52. The molecule has 0 amide bonds. The van der Waals surface area contributed by atoms with Crippen molar-refractivity contribution in [2.75, 3.05) is 13.9 Å². The number of aryl methyl sites for hydroxylation is 1. The number of carbonyl (C=O) groups is 1. The molecule has 0 bridgehead atoms. The average Bonchev–Trinajstić information content (AvgIpc) is 2.75. The smallest absolute Gasteiger partial charge is 0.311 e. The zero-order chi connectivity index (χ0) is 13.3. The van der Waals surface area contributed by atoms with E-state index >= 15 is 0 Å². The van der Waals surface area contributed by atoms with Gasteiger partial charge in [-0.3, -0.25) is 4.79 Å². The first kappa shape index (κ1) is 12.7. The highest BCUT2D eigenvalue weighted by molar-refractivity contribution is 5.76. The molecule has 18 heavy (non-hydrogen) atoms. The number of benzene rings is 1. The van der Waals surface area contributed by atoms with Crippen LogP contribution in [0, 0.1) is 12.3 Å². The highest BCUT2D eigenvalue weighted by Gasteiger charge is 2.30. The molecule has 1 aliphatic rings. The first-order chi connectivity index (χ1) is 8.44. The lowest BCUT2D eigenvalue weighted by Gasteiger charge is -2.22. The topological polar surface area (TPSA) is 44.8 Å². The van der Waals surface area contributed by atoms with Crippen LogP contribution in [0.4, 0.5) is 0 Å². The number of ether oxygens (including phenoxy) is 3. The average molecular weight is 250 g/mol. The van der Waals surface area contributed by atoms with Crippen molar-refractivity contribution in [1.29, 1.82) is 0 Å². The summed E-state index contributed by atoms with van der Waals surface area (Å²) in [7, 11) is 1.41. The summed E-state index contributed by atoms with van der Waals surface area (Å²) in [6.45, 7) is 6.02. The van der Waals surface area contributed by atoms with Crippen molar-refractivity contribution in [3.8, 4) is 11.5 Å². The highest BCUT2D eigenvalue weighted by atomic mass is 16.7. The number of hydrogen-bond acceptors (Lipinski definition) is 4. The Morgan fingerprint density at radius 1 is 1.33 bits per heavy atom. The third kappa shape index (κ3) is 2.28. The Morgan fingerprint density at radius 3 is 2.56 bits per heavy atom. The van der Waals surface area contributed by atoms with E-state index in [1.807, 2.05) is 32.9 Å². The van der Waals surface area contributed by atoms with E-state index < -0.39 is 5.41 Å². The molecule has 4 heteroatoms. The molecule has 0 saturated carbocycles. The molecule has 4 nitrogen and oxygen atoms in total. The van der Waals surface area contributed by atoms with Gasteiger partial charge in [0.05, 0.1) is 12.5 Å². The third-order valence-corrected chi connectivity index (χ3v) is 3.20. The summed E-state index contributed by atoms with van der Waals surface area (Å²) in [6.07, 6.45) is 0.613. The summed E-state index contributed by atoms with van der Waals surface area (Å²) in [5.41, 5.74) is 1.62. The molecular formula is C14H18O4. The second-order valence-electron chi connectivity index (χ2n) is 5.18. The molecule has 0 aliphatic carbocycles. The Labute approximate surface area is 107 Å². The van der Waals surface area contributed by atoms with Crippen molar-refractivity contribution < 1.29 is 19.0 Å². The van der Waals surface area contributed by atoms with Gasteiger partial charge in [-0.2, -0.15) is 0 Å². The van der Waals surface area contributed by atoms with Gasteiger partial charge in [0.1, 0.15) is 0 Å². The van der Waals surface area contributed by atoms with E-state index in [9.17, 15) is 4.79 Å². The number of fused-ring (bicyclic) bond motifs is 1. The molecule has 1 heterocycles. The van der Waals surface area contributed by atoms with Crippen LogP contribution in [0.3, 0.4) is 0 Å².